The molecule has 0 aromatic heterocycles. The molecule has 3 N–H and O–H groups in total. The second kappa shape index (κ2) is 10.3. The first-order valence-electron chi connectivity index (χ1n) is 10.8. The van der Waals surface area contributed by atoms with E-state index in [1.165, 1.54) is 13.2 Å². The fourth-order valence-corrected chi connectivity index (χ4v) is 4.15. The molecule has 0 bridgehead atoms. The predicted molar refractivity (Wildman–Crippen MR) is 126 cm³/mol. The average Bonchev–Trinajstić information content (AvgIpc) is 3.15. The van der Waals surface area contributed by atoms with Gasteiger partial charge in [0.1, 0.15) is 24.2 Å². The normalized spacial score (nSPS) is 12.7. The number of carboxylic acids is 1. The van der Waals surface area contributed by atoms with E-state index < -0.39 is 36.2 Å². The van der Waals surface area contributed by atoms with Crippen molar-refractivity contribution >= 4 is 23.7 Å². The zero-order valence-electron chi connectivity index (χ0n) is 18.8. The van der Waals surface area contributed by atoms with Crippen LogP contribution in [-0.2, 0) is 14.3 Å². The molecule has 3 aromatic carbocycles. The van der Waals surface area contributed by atoms with E-state index in [4.69, 9.17) is 9.47 Å². The van der Waals surface area contributed by atoms with E-state index in [2.05, 4.69) is 10.6 Å². The van der Waals surface area contributed by atoms with E-state index in [-0.39, 0.29) is 24.0 Å². The molecule has 0 saturated carbocycles. The molecule has 0 aliphatic heterocycles. The van der Waals surface area contributed by atoms with E-state index in [0.29, 0.717) is 0 Å². The van der Waals surface area contributed by atoms with Crippen LogP contribution in [0.2, 0.25) is 0 Å². The van der Waals surface area contributed by atoms with E-state index in [0.717, 1.165) is 34.4 Å². The summed E-state index contributed by atoms with van der Waals surface area (Å²) in [7, 11) is 1.34. The number of hydrogen-bond donors (Lipinski definition) is 3. The molecule has 0 radical (unpaired) electrons. The van der Waals surface area contributed by atoms with Gasteiger partial charge in [-0.25, -0.2) is 9.18 Å². The Morgan fingerprint density at radius 1 is 1.00 bits per heavy atom. The van der Waals surface area contributed by atoms with E-state index in [1.54, 1.807) is 0 Å². The average molecular weight is 478 g/mol. The Labute approximate surface area is 200 Å². The minimum atomic E-state index is -1.45. The quantitative estimate of drug-likeness (QED) is 0.448. The molecule has 1 aliphatic rings. The van der Waals surface area contributed by atoms with Crippen LogP contribution in [0.4, 0.5) is 14.9 Å². The summed E-state index contributed by atoms with van der Waals surface area (Å²) in [5.41, 5.74) is 4.20. The van der Waals surface area contributed by atoms with Gasteiger partial charge in [-0.2, -0.15) is 0 Å². The van der Waals surface area contributed by atoms with Crippen LogP contribution in [0.3, 0.4) is 0 Å². The van der Waals surface area contributed by atoms with Gasteiger partial charge in [0, 0.05) is 23.7 Å². The third-order valence-corrected chi connectivity index (χ3v) is 5.71. The third-order valence-electron chi connectivity index (χ3n) is 5.71. The number of hydrogen-bond acceptors (Lipinski definition) is 5. The number of ether oxygens (including phenoxy) is 2. The molecule has 8 nitrogen and oxygen atoms in total. The Morgan fingerprint density at radius 3 is 2.23 bits per heavy atom. The molecule has 180 valence electrons. The van der Waals surface area contributed by atoms with Crippen LogP contribution in [0.15, 0.2) is 66.7 Å². The second-order valence-electron chi connectivity index (χ2n) is 7.99. The Kier molecular flexibility index (Phi) is 6.96. The largest absolute Gasteiger partial charge is 0.497 e. The fraction of sp³-hybridized carbons (Fsp3) is 0.192. The Morgan fingerprint density at radius 2 is 1.63 bits per heavy atom. The first-order valence-corrected chi connectivity index (χ1v) is 10.8. The van der Waals surface area contributed by atoms with Crippen molar-refractivity contribution in [3.8, 4) is 16.9 Å². The molecule has 9 heteroatoms. The van der Waals surface area contributed by atoms with Crippen LogP contribution in [0, 0.1) is 5.82 Å². The zero-order valence-corrected chi connectivity index (χ0v) is 18.8. The molecule has 35 heavy (non-hydrogen) atoms. The number of aliphatic carboxylic acids is 1. The van der Waals surface area contributed by atoms with Gasteiger partial charge in [0.25, 0.3) is 0 Å². The lowest BCUT2D eigenvalue weighted by Crippen LogP contribution is -2.45. The number of carboxylic acid groups (broad SMARTS) is 1. The van der Waals surface area contributed by atoms with Crippen LogP contribution in [0.25, 0.3) is 11.1 Å². The number of carbonyl (C=O) groups is 3. The monoisotopic (exact) mass is 478 g/mol. The molecule has 3 aromatic rings. The highest BCUT2D eigenvalue weighted by molar-refractivity contribution is 5.98. The minimum Gasteiger partial charge on any atom is -0.497 e. The molecule has 0 spiro atoms. The lowest BCUT2D eigenvalue weighted by atomic mass is 9.98. The van der Waals surface area contributed by atoms with Crippen molar-refractivity contribution < 1.29 is 33.4 Å². The summed E-state index contributed by atoms with van der Waals surface area (Å²) in [5, 5.41) is 13.9. The summed E-state index contributed by atoms with van der Waals surface area (Å²) in [6.45, 7) is 0.00235. The fourth-order valence-electron chi connectivity index (χ4n) is 4.15. The Balaban J connectivity index is 1.43. The molecule has 0 fully saturated rings. The van der Waals surface area contributed by atoms with E-state index >= 15 is 0 Å². The predicted octanol–water partition coefficient (Wildman–Crippen LogP) is 4.15. The maximum absolute atomic E-state index is 13.7. The van der Waals surface area contributed by atoms with Gasteiger partial charge in [0.15, 0.2) is 0 Å². The zero-order chi connectivity index (χ0) is 24.9. The van der Waals surface area contributed by atoms with Gasteiger partial charge in [0.05, 0.1) is 13.5 Å². The van der Waals surface area contributed by atoms with Crippen molar-refractivity contribution in [2.24, 2.45) is 0 Å². The number of rotatable bonds is 8. The summed E-state index contributed by atoms with van der Waals surface area (Å²) in [6, 6.07) is 17.7. The molecule has 2 amide bonds. The summed E-state index contributed by atoms with van der Waals surface area (Å²) in [4.78, 5) is 36.5. The van der Waals surface area contributed by atoms with Crippen LogP contribution < -0.4 is 15.4 Å². The number of anilines is 1. The van der Waals surface area contributed by atoms with Crippen LogP contribution in [-0.4, -0.2) is 42.8 Å². The van der Waals surface area contributed by atoms with Crippen molar-refractivity contribution in [3.05, 3.63) is 83.7 Å². The van der Waals surface area contributed by atoms with Crippen LogP contribution >= 0.6 is 0 Å². The number of fused-ring (bicyclic) bond motifs is 3. The maximum Gasteiger partial charge on any atom is 0.407 e. The first-order chi connectivity index (χ1) is 16.9. The number of alkyl carbamates (subject to hydrolysis) is 1. The van der Waals surface area contributed by atoms with Crippen molar-refractivity contribution in [1.29, 1.82) is 0 Å². The highest BCUT2D eigenvalue weighted by Gasteiger charge is 2.30. The van der Waals surface area contributed by atoms with E-state index in [9.17, 15) is 23.9 Å². The van der Waals surface area contributed by atoms with Crippen molar-refractivity contribution in [2.45, 2.75) is 18.4 Å². The number of benzene rings is 3. The van der Waals surface area contributed by atoms with Crippen molar-refractivity contribution in [1.82, 2.24) is 5.32 Å². The van der Waals surface area contributed by atoms with Crippen molar-refractivity contribution in [2.75, 3.05) is 19.0 Å². The number of carbonyl (C=O) groups excluding carboxylic acids is 2. The molecule has 1 aliphatic carbocycles. The first kappa shape index (κ1) is 23.7. The summed E-state index contributed by atoms with van der Waals surface area (Å²) < 4.78 is 24.1. The van der Waals surface area contributed by atoms with Gasteiger partial charge in [-0.05, 0) is 28.3 Å². The van der Waals surface area contributed by atoms with Gasteiger partial charge < -0.3 is 25.2 Å². The summed E-state index contributed by atoms with van der Waals surface area (Å²) in [5.74, 6) is -2.83. The Hall–Kier alpha value is -4.40. The smallest absolute Gasteiger partial charge is 0.407 e. The second-order valence-corrected chi connectivity index (χ2v) is 7.99. The lowest BCUT2D eigenvalue weighted by Gasteiger charge is -2.19. The van der Waals surface area contributed by atoms with Gasteiger partial charge in [-0.15, -0.1) is 0 Å². The van der Waals surface area contributed by atoms with Gasteiger partial charge in [-0.3, -0.25) is 9.59 Å². The molecule has 0 heterocycles. The number of halogens is 1. The summed E-state index contributed by atoms with van der Waals surface area (Å²) in [6.07, 6.45) is -1.63. The van der Waals surface area contributed by atoms with Gasteiger partial charge >= 0.3 is 12.1 Å². The SMILES string of the molecule is COc1cc(F)cc(NC(=O)C(CC(=O)O)NC(=O)OCC2c3ccccc3-c3ccccc32)c1. The van der Waals surface area contributed by atoms with Crippen LogP contribution in [0.5, 0.6) is 5.75 Å². The maximum atomic E-state index is 13.7. The molecule has 1 unspecified atom stereocenters. The van der Waals surface area contributed by atoms with Crippen molar-refractivity contribution in [3.63, 3.8) is 0 Å². The summed E-state index contributed by atoms with van der Waals surface area (Å²) >= 11 is 0. The minimum absolute atomic E-state index is 0.00235. The third kappa shape index (κ3) is 5.40. The standard InChI is InChI=1S/C26H23FN2O6/c1-34-17-11-15(27)10-16(12-17)28-25(32)23(13-24(30)31)29-26(33)35-14-22-20-8-4-2-6-18(20)19-7-3-5-9-21(19)22/h2-12,22-23H,13-14H2,1H3,(H,28,32)(H,29,33)(H,30,31). The number of amides is 2. The highest BCUT2D eigenvalue weighted by Crippen LogP contribution is 2.44. The van der Waals surface area contributed by atoms with Crippen LogP contribution in [0.1, 0.15) is 23.5 Å². The lowest BCUT2D eigenvalue weighted by molar-refractivity contribution is -0.139. The highest BCUT2D eigenvalue weighted by atomic mass is 19.1. The Bertz CT molecular complexity index is 1230. The molecule has 1 atom stereocenters. The van der Waals surface area contributed by atoms with Gasteiger partial charge in [-0.1, -0.05) is 48.5 Å². The molecular weight excluding hydrogens is 455 g/mol. The topological polar surface area (TPSA) is 114 Å². The van der Waals surface area contributed by atoms with Gasteiger partial charge in [0.2, 0.25) is 5.91 Å². The molecule has 0 saturated heterocycles. The van der Waals surface area contributed by atoms with E-state index in [1.807, 2.05) is 48.5 Å². The molecular formula is C26H23FN2O6. The molecule has 4 rings (SSSR count). The number of methoxy groups -OCH3 is 1. The number of nitrogens with one attached hydrogen (secondary N) is 2.